The van der Waals surface area contributed by atoms with E-state index in [2.05, 4.69) is 31.7 Å². The van der Waals surface area contributed by atoms with Crippen LogP contribution in [0.5, 0.6) is 0 Å². The minimum atomic E-state index is -0.0460. The fourth-order valence-electron chi connectivity index (χ4n) is 4.15. The Kier molecular flexibility index (Phi) is 5.39. The standard InChI is InChI=1S/C21H22N6OS2/c1-14-5-2-3-7-17(14)27-19(15-6-4-8-22-12-15)24-25-21(27)30-13-16-11-18(28)26-9-10-29-20(26)23-16/h4,6,8-12,14,17H,2-3,5,7,13H2,1H3/t14-,17-/m1/s1. The summed E-state index contributed by atoms with van der Waals surface area (Å²) in [5.74, 6) is 2.01. The quantitative estimate of drug-likeness (QED) is 0.428. The fourth-order valence-corrected chi connectivity index (χ4v) is 5.77. The largest absolute Gasteiger partial charge is 0.299 e. The molecule has 30 heavy (non-hydrogen) atoms. The van der Waals surface area contributed by atoms with Crippen LogP contribution in [-0.4, -0.2) is 29.1 Å². The molecular weight excluding hydrogens is 416 g/mol. The summed E-state index contributed by atoms with van der Waals surface area (Å²) in [4.78, 5) is 21.9. The third-order valence-corrected chi connectivity index (χ3v) is 7.42. The first-order valence-corrected chi connectivity index (χ1v) is 12.0. The van der Waals surface area contributed by atoms with Gasteiger partial charge in [0, 0.05) is 47.4 Å². The van der Waals surface area contributed by atoms with Crippen LogP contribution in [0, 0.1) is 5.92 Å². The monoisotopic (exact) mass is 438 g/mol. The van der Waals surface area contributed by atoms with Crippen molar-refractivity contribution >= 4 is 28.1 Å². The van der Waals surface area contributed by atoms with E-state index in [1.165, 1.54) is 30.6 Å². The molecule has 0 amide bonds. The van der Waals surface area contributed by atoms with E-state index in [4.69, 9.17) is 0 Å². The van der Waals surface area contributed by atoms with Crippen LogP contribution in [0.15, 0.2) is 52.1 Å². The molecule has 0 aliphatic heterocycles. The summed E-state index contributed by atoms with van der Waals surface area (Å²) in [6.45, 7) is 2.32. The van der Waals surface area contributed by atoms with E-state index in [1.807, 2.05) is 23.7 Å². The van der Waals surface area contributed by atoms with Crippen LogP contribution in [0.1, 0.15) is 44.3 Å². The van der Waals surface area contributed by atoms with E-state index in [9.17, 15) is 4.79 Å². The molecular formula is C21H22N6OS2. The van der Waals surface area contributed by atoms with E-state index in [0.29, 0.717) is 17.7 Å². The zero-order valence-electron chi connectivity index (χ0n) is 16.6. The molecule has 1 fully saturated rings. The number of rotatable bonds is 5. The van der Waals surface area contributed by atoms with Crippen molar-refractivity contribution in [3.8, 4) is 11.4 Å². The second kappa shape index (κ2) is 8.31. The molecule has 0 unspecified atom stereocenters. The lowest BCUT2D eigenvalue weighted by atomic mass is 9.85. The highest BCUT2D eigenvalue weighted by atomic mass is 32.2. The lowest BCUT2D eigenvalue weighted by molar-refractivity contribution is 0.247. The summed E-state index contributed by atoms with van der Waals surface area (Å²) < 4.78 is 3.87. The topological polar surface area (TPSA) is 78.0 Å². The van der Waals surface area contributed by atoms with Gasteiger partial charge in [-0.05, 0) is 30.9 Å². The molecule has 0 bridgehead atoms. The van der Waals surface area contributed by atoms with Crippen molar-refractivity contribution in [2.24, 2.45) is 5.92 Å². The van der Waals surface area contributed by atoms with Crippen LogP contribution in [0.4, 0.5) is 0 Å². The van der Waals surface area contributed by atoms with Crippen molar-refractivity contribution < 1.29 is 0 Å². The zero-order valence-corrected chi connectivity index (χ0v) is 18.3. The molecule has 4 aromatic rings. The Morgan fingerprint density at radius 1 is 1.27 bits per heavy atom. The lowest BCUT2D eigenvalue weighted by Gasteiger charge is -2.31. The Labute approximate surface area is 182 Å². The molecule has 9 heteroatoms. The minimum absolute atomic E-state index is 0.0460. The molecule has 1 saturated carbocycles. The smallest absolute Gasteiger partial charge is 0.258 e. The van der Waals surface area contributed by atoms with E-state index in [0.717, 1.165) is 33.6 Å². The van der Waals surface area contributed by atoms with E-state index in [-0.39, 0.29) is 5.56 Å². The molecule has 0 radical (unpaired) electrons. The minimum Gasteiger partial charge on any atom is -0.299 e. The third-order valence-electron chi connectivity index (χ3n) is 5.69. The fraction of sp³-hybridized carbons (Fsp3) is 0.381. The van der Waals surface area contributed by atoms with Gasteiger partial charge in [0.2, 0.25) is 0 Å². The van der Waals surface area contributed by atoms with Gasteiger partial charge in [0.05, 0.1) is 5.69 Å². The van der Waals surface area contributed by atoms with Crippen LogP contribution in [0.2, 0.25) is 0 Å². The van der Waals surface area contributed by atoms with E-state index < -0.39 is 0 Å². The van der Waals surface area contributed by atoms with Crippen LogP contribution >= 0.6 is 23.1 Å². The van der Waals surface area contributed by atoms with Crippen LogP contribution in [0.25, 0.3) is 16.3 Å². The van der Waals surface area contributed by atoms with Gasteiger partial charge in [-0.3, -0.25) is 18.7 Å². The van der Waals surface area contributed by atoms with Gasteiger partial charge in [0.1, 0.15) is 0 Å². The van der Waals surface area contributed by atoms with Crippen molar-refractivity contribution in [3.63, 3.8) is 0 Å². The molecule has 1 aliphatic carbocycles. The molecule has 154 valence electrons. The summed E-state index contributed by atoms with van der Waals surface area (Å²) in [6.07, 6.45) is 10.2. The predicted molar refractivity (Wildman–Crippen MR) is 119 cm³/mol. The van der Waals surface area contributed by atoms with Crippen LogP contribution < -0.4 is 5.56 Å². The number of nitrogens with zero attached hydrogens (tertiary/aromatic N) is 6. The maximum atomic E-state index is 12.3. The zero-order chi connectivity index (χ0) is 20.5. The number of fused-ring (bicyclic) bond motifs is 1. The summed E-state index contributed by atoms with van der Waals surface area (Å²) in [5.41, 5.74) is 1.70. The van der Waals surface area contributed by atoms with Gasteiger partial charge in [0.15, 0.2) is 15.9 Å². The molecule has 4 aromatic heterocycles. The maximum Gasteiger partial charge on any atom is 0.258 e. The van der Waals surface area contributed by atoms with E-state index >= 15 is 0 Å². The number of pyridine rings is 1. The van der Waals surface area contributed by atoms with Crippen molar-refractivity contribution in [1.29, 1.82) is 0 Å². The Bertz CT molecular complexity index is 1220. The molecule has 0 aromatic carbocycles. The van der Waals surface area contributed by atoms with Gasteiger partial charge in [-0.2, -0.15) is 0 Å². The first-order valence-electron chi connectivity index (χ1n) is 10.1. The highest BCUT2D eigenvalue weighted by Crippen LogP contribution is 2.39. The van der Waals surface area contributed by atoms with Crippen LogP contribution in [0.3, 0.4) is 0 Å². The molecule has 1 aliphatic rings. The average Bonchev–Trinajstić information content (AvgIpc) is 3.40. The van der Waals surface area contributed by atoms with Gasteiger partial charge in [-0.1, -0.05) is 31.5 Å². The summed E-state index contributed by atoms with van der Waals surface area (Å²) in [5, 5.41) is 11.8. The normalized spacial score (nSPS) is 19.4. The summed E-state index contributed by atoms with van der Waals surface area (Å²) >= 11 is 3.06. The molecule has 7 nitrogen and oxygen atoms in total. The van der Waals surface area contributed by atoms with Gasteiger partial charge < -0.3 is 0 Å². The van der Waals surface area contributed by atoms with Gasteiger partial charge >= 0.3 is 0 Å². The number of thioether (sulfide) groups is 1. The summed E-state index contributed by atoms with van der Waals surface area (Å²) in [6, 6.07) is 5.94. The van der Waals surface area contributed by atoms with Crippen LogP contribution in [-0.2, 0) is 5.75 Å². The highest BCUT2D eigenvalue weighted by Gasteiger charge is 2.28. The molecule has 0 N–H and O–H groups in total. The van der Waals surface area contributed by atoms with Crippen molar-refractivity contribution in [1.82, 2.24) is 29.1 Å². The number of aromatic nitrogens is 6. The van der Waals surface area contributed by atoms with Gasteiger partial charge in [-0.25, -0.2) is 4.98 Å². The number of hydrogen-bond acceptors (Lipinski definition) is 7. The second-order valence-corrected chi connectivity index (χ2v) is 9.49. The molecule has 0 spiro atoms. The number of thiazole rings is 1. The van der Waals surface area contributed by atoms with Gasteiger partial charge in [-0.15, -0.1) is 21.5 Å². The highest BCUT2D eigenvalue weighted by molar-refractivity contribution is 7.98. The molecule has 4 heterocycles. The lowest BCUT2D eigenvalue weighted by Crippen LogP contribution is -2.22. The maximum absolute atomic E-state index is 12.3. The first kappa shape index (κ1) is 19.4. The summed E-state index contributed by atoms with van der Waals surface area (Å²) in [7, 11) is 0. The molecule has 5 rings (SSSR count). The predicted octanol–water partition coefficient (Wildman–Crippen LogP) is 4.45. The Balaban J connectivity index is 1.49. The Morgan fingerprint density at radius 3 is 3.00 bits per heavy atom. The van der Waals surface area contributed by atoms with Crippen molar-refractivity contribution in [2.45, 2.75) is 49.6 Å². The SMILES string of the molecule is C[C@@H]1CCCC[C@H]1n1c(SCc2cc(=O)n3ccsc3n2)nnc1-c1cccnc1. The second-order valence-electron chi connectivity index (χ2n) is 7.68. The number of hydrogen-bond donors (Lipinski definition) is 0. The van der Waals surface area contributed by atoms with Crippen molar-refractivity contribution in [3.05, 3.63) is 58.2 Å². The van der Waals surface area contributed by atoms with E-state index in [1.54, 1.807) is 34.6 Å². The average molecular weight is 439 g/mol. The third kappa shape index (κ3) is 3.67. The molecule has 2 atom stereocenters. The van der Waals surface area contributed by atoms with Crippen molar-refractivity contribution in [2.75, 3.05) is 0 Å². The Hall–Kier alpha value is -2.52. The molecule has 0 saturated heterocycles. The first-order chi connectivity index (χ1) is 14.7. The van der Waals surface area contributed by atoms with Gasteiger partial charge in [0.25, 0.3) is 5.56 Å². The Morgan fingerprint density at radius 2 is 2.17 bits per heavy atom.